The van der Waals surface area contributed by atoms with Crippen LogP contribution in [0, 0.1) is 10.1 Å². The third-order valence-electron chi connectivity index (χ3n) is 4.77. The van der Waals surface area contributed by atoms with Crippen molar-refractivity contribution in [2.24, 2.45) is 4.99 Å². The smallest absolute Gasteiger partial charge is 0.363 e. The van der Waals surface area contributed by atoms with E-state index >= 15 is 0 Å². The first kappa shape index (κ1) is 23.7. The lowest BCUT2D eigenvalue weighted by Crippen LogP contribution is -2.05. The Morgan fingerprint density at radius 3 is 2.56 bits per heavy atom. The van der Waals surface area contributed by atoms with Crippen LogP contribution in [0.25, 0.3) is 6.08 Å². The van der Waals surface area contributed by atoms with E-state index in [9.17, 15) is 14.9 Å². The number of rotatable bonds is 7. The standard InChI is InChI=1S/C24H16Br2N2O6/c1-32-21-12-15(10-19(26)22(21)33-13-14-3-2-4-17(25)9-14)11-20-24(29)34-23(27-20)16-5-7-18(8-6-16)28(30)31/h2-12H,13H2,1H3/b20-11-. The van der Waals surface area contributed by atoms with Crippen molar-refractivity contribution in [2.75, 3.05) is 7.11 Å². The molecular weight excluding hydrogens is 572 g/mol. The average Bonchev–Trinajstić information content (AvgIpc) is 3.18. The van der Waals surface area contributed by atoms with Gasteiger partial charge in [-0.2, -0.15) is 0 Å². The fourth-order valence-electron chi connectivity index (χ4n) is 3.16. The van der Waals surface area contributed by atoms with Crippen molar-refractivity contribution in [2.45, 2.75) is 6.61 Å². The van der Waals surface area contributed by atoms with Gasteiger partial charge in [0.25, 0.3) is 5.69 Å². The molecule has 0 aliphatic carbocycles. The second kappa shape index (κ2) is 10.2. The summed E-state index contributed by atoms with van der Waals surface area (Å²) in [5, 5.41) is 10.8. The van der Waals surface area contributed by atoms with Gasteiger partial charge in [0.2, 0.25) is 5.90 Å². The van der Waals surface area contributed by atoms with Crippen LogP contribution in [0.3, 0.4) is 0 Å². The van der Waals surface area contributed by atoms with Crippen LogP contribution in [0.4, 0.5) is 5.69 Å². The molecule has 172 valence electrons. The Bertz CT molecular complexity index is 1340. The average molecular weight is 588 g/mol. The maximum atomic E-state index is 12.3. The third-order valence-corrected chi connectivity index (χ3v) is 5.86. The number of cyclic esters (lactones) is 1. The molecule has 0 fully saturated rings. The van der Waals surface area contributed by atoms with Crippen LogP contribution in [-0.4, -0.2) is 23.9 Å². The van der Waals surface area contributed by atoms with Gasteiger partial charge in [0.1, 0.15) is 6.61 Å². The summed E-state index contributed by atoms with van der Waals surface area (Å²) < 4.78 is 18.3. The predicted molar refractivity (Wildman–Crippen MR) is 133 cm³/mol. The Hall–Kier alpha value is -3.50. The van der Waals surface area contributed by atoms with Crippen LogP contribution in [0.5, 0.6) is 11.5 Å². The van der Waals surface area contributed by atoms with Crippen molar-refractivity contribution in [1.29, 1.82) is 0 Å². The van der Waals surface area contributed by atoms with Crippen LogP contribution in [0.2, 0.25) is 0 Å². The van der Waals surface area contributed by atoms with Gasteiger partial charge >= 0.3 is 5.97 Å². The number of nitro groups is 1. The summed E-state index contributed by atoms with van der Waals surface area (Å²) in [6.45, 7) is 0.337. The number of hydrogen-bond acceptors (Lipinski definition) is 7. The number of nitro benzene ring substituents is 1. The minimum Gasteiger partial charge on any atom is -0.493 e. The predicted octanol–water partition coefficient (Wildman–Crippen LogP) is 6.05. The molecule has 0 N–H and O–H groups in total. The molecule has 0 spiro atoms. The summed E-state index contributed by atoms with van der Waals surface area (Å²) in [4.78, 5) is 26.9. The normalized spacial score (nSPS) is 14.0. The second-order valence-corrected chi connectivity index (χ2v) is 8.86. The largest absolute Gasteiger partial charge is 0.493 e. The maximum absolute atomic E-state index is 12.3. The van der Waals surface area contributed by atoms with Crippen LogP contribution < -0.4 is 9.47 Å². The molecule has 1 aliphatic heterocycles. The zero-order valence-electron chi connectivity index (χ0n) is 17.7. The fourth-order valence-corrected chi connectivity index (χ4v) is 4.18. The molecule has 8 nitrogen and oxygen atoms in total. The fraction of sp³-hybridized carbons (Fsp3) is 0.0833. The van der Waals surface area contributed by atoms with E-state index in [4.69, 9.17) is 14.2 Å². The van der Waals surface area contributed by atoms with E-state index in [2.05, 4.69) is 36.9 Å². The third kappa shape index (κ3) is 5.35. The summed E-state index contributed by atoms with van der Waals surface area (Å²) in [5.74, 6) is 0.445. The summed E-state index contributed by atoms with van der Waals surface area (Å²) in [7, 11) is 1.53. The van der Waals surface area contributed by atoms with E-state index < -0.39 is 10.9 Å². The van der Waals surface area contributed by atoms with Gasteiger partial charge in [0.05, 0.1) is 16.5 Å². The Balaban J connectivity index is 1.57. The van der Waals surface area contributed by atoms with E-state index in [0.29, 0.717) is 33.7 Å². The first-order valence-electron chi connectivity index (χ1n) is 9.86. The lowest BCUT2D eigenvalue weighted by molar-refractivity contribution is -0.384. The molecule has 3 aromatic carbocycles. The van der Waals surface area contributed by atoms with Crippen LogP contribution in [0.1, 0.15) is 16.7 Å². The highest BCUT2D eigenvalue weighted by atomic mass is 79.9. The molecule has 0 aromatic heterocycles. The number of carbonyl (C=O) groups is 1. The lowest BCUT2D eigenvalue weighted by Gasteiger charge is -2.14. The number of esters is 1. The Morgan fingerprint density at radius 1 is 1.12 bits per heavy atom. The maximum Gasteiger partial charge on any atom is 0.363 e. The molecule has 0 saturated carbocycles. The highest BCUT2D eigenvalue weighted by molar-refractivity contribution is 9.10. The van der Waals surface area contributed by atoms with Gasteiger partial charge in [0.15, 0.2) is 17.2 Å². The highest BCUT2D eigenvalue weighted by Crippen LogP contribution is 2.38. The molecular formula is C24H16Br2N2O6. The van der Waals surface area contributed by atoms with Gasteiger partial charge in [-0.1, -0.05) is 28.1 Å². The van der Waals surface area contributed by atoms with Crippen molar-refractivity contribution >= 4 is 55.5 Å². The van der Waals surface area contributed by atoms with Crippen LogP contribution in [0.15, 0.2) is 80.3 Å². The Labute approximate surface area is 211 Å². The first-order chi connectivity index (χ1) is 16.3. The summed E-state index contributed by atoms with van der Waals surface area (Å²) in [6.07, 6.45) is 1.56. The van der Waals surface area contributed by atoms with Crippen molar-refractivity contribution in [3.8, 4) is 11.5 Å². The molecule has 10 heteroatoms. The molecule has 1 heterocycles. The minimum absolute atomic E-state index is 0.0661. The minimum atomic E-state index is -0.626. The van der Waals surface area contributed by atoms with Crippen LogP contribution in [-0.2, 0) is 16.1 Å². The molecule has 0 amide bonds. The van der Waals surface area contributed by atoms with Gasteiger partial charge in [-0.05, 0) is 69.5 Å². The van der Waals surface area contributed by atoms with Gasteiger partial charge < -0.3 is 14.2 Å². The van der Waals surface area contributed by atoms with Crippen LogP contribution >= 0.6 is 31.9 Å². The molecule has 0 atom stereocenters. The van der Waals surface area contributed by atoms with Crippen molar-refractivity contribution in [1.82, 2.24) is 0 Å². The number of aliphatic imine (C=N–C) groups is 1. The van der Waals surface area contributed by atoms with Gasteiger partial charge in [-0.15, -0.1) is 0 Å². The molecule has 0 unspecified atom stereocenters. The monoisotopic (exact) mass is 586 g/mol. The molecule has 34 heavy (non-hydrogen) atoms. The van der Waals surface area contributed by atoms with Crippen molar-refractivity contribution in [3.63, 3.8) is 0 Å². The number of non-ortho nitro benzene ring substituents is 1. The topological polar surface area (TPSA) is 100 Å². The van der Waals surface area contributed by atoms with Gasteiger partial charge in [-0.25, -0.2) is 9.79 Å². The molecule has 0 saturated heterocycles. The summed E-state index contributed by atoms with van der Waals surface area (Å²) in [6, 6.07) is 16.9. The summed E-state index contributed by atoms with van der Waals surface area (Å²) >= 11 is 6.95. The Kier molecular flexibility index (Phi) is 7.09. The van der Waals surface area contributed by atoms with E-state index in [1.165, 1.54) is 31.4 Å². The number of carbonyl (C=O) groups excluding carboxylic acids is 1. The molecule has 1 aliphatic rings. The second-order valence-electron chi connectivity index (χ2n) is 7.09. The molecule has 0 bridgehead atoms. The van der Waals surface area contributed by atoms with E-state index in [0.717, 1.165) is 10.0 Å². The van der Waals surface area contributed by atoms with E-state index in [1.807, 2.05) is 24.3 Å². The van der Waals surface area contributed by atoms with Gasteiger partial charge in [0, 0.05) is 22.2 Å². The lowest BCUT2D eigenvalue weighted by atomic mass is 10.1. The highest BCUT2D eigenvalue weighted by Gasteiger charge is 2.25. The van der Waals surface area contributed by atoms with E-state index in [-0.39, 0.29) is 17.3 Å². The van der Waals surface area contributed by atoms with Crippen molar-refractivity contribution < 1.29 is 23.9 Å². The quantitative estimate of drug-likeness (QED) is 0.144. The molecule has 3 aromatic rings. The Morgan fingerprint density at radius 2 is 1.88 bits per heavy atom. The number of ether oxygens (including phenoxy) is 3. The number of nitrogens with zero attached hydrogens (tertiary/aromatic N) is 2. The summed E-state index contributed by atoms with van der Waals surface area (Å²) in [5.41, 5.74) is 2.10. The first-order valence-corrected chi connectivity index (χ1v) is 11.4. The number of hydrogen-bond donors (Lipinski definition) is 0. The van der Waals surface area contributed by atoms with E-state index in [1.54, 1.807) is 18.2 Å². The zero-order valence-corrected chi connectivity index (χ0v) is 20.8. The zero-order chi connectivity index (χ0) is 24.2. The van der Waals surface area contributed by atoms with Gasteiger partial charge in [-0.3, -0.25) is 10.1 Å². The number of methoxy groups -OCH3 is 1. The van der Waals surface area contributed by atoms with Crippen molar-refractivity contribution in [3.05, 3.63) is 102 Å². The number of benzene rings is 3. The molecule has 4 rings (SSSR count). The molecule has 0 radical (unpaired) electrons. The SMILES string of the molecule is COc1cc(/C=C2\N=C(c3ccc([N+](=O)[O-])cc3)OC2=O)cc(Br)c1OCc1cccc(Br)c1. The number of halogens is 2.